The maximum Gasteiger partial charge on any atom is 0.410 e. The van der Waals surface area contributed by atoms with Crippen LogP contribution in [0, 0.1) is 5.82 Å². The van der Waals surface area contributed by atoms with E-state index in [0.29, 0.717) is 37.2 Å². The van der Waals surface area contributed by atoms with Crippen LogP contribution >= 0.6 is 0 Å². The first-order valence-electron chi connectivity index (χ1n) is 7.80. The molecule has 1 aromatic rings. The Bertz CT molecular complexity index is 595. The Balaban J connectivity index is 2.04. The van der Waals surface area contributed by atoms with Crippen LogP contribution in [0.3, 0.4) is 0 Å². The molecule has 0 saturated carbocycles. The maximum atomic E-state index is 14.0. The van der Waals surface area contributed by atoms with Crippen LogP contribution in [0.2, 0.25) is 0 Å². The second-order valence-electron chi connectivity index (χ2n) is 6.63. The molecule has 1 aromatic carbocycles. The summed E-state index contributed by atoms with van der Waals surface area (Å²) in [6, 6.07) is 4.79. The maximum absolute atomic E-state index is 14.0. The lowest BCUT2D eigenvalue weighted by atomic mass is 10.0. The summed E-state index contributed by atoms with van der Waals surface area (Å²) >= 11 is 0. The van der Waals surface area contributed by atoms with Crippen LogP contribution in [0.4, 0.5) is 9.18 Å². The number of carbonyl (C=O) groups is 1. The molecule has 1 amide bonds. The van der Waals surface area contributed by atoms with Gasteiger partial charge in [-0.25, -0.2) is 9.18 Å². The van der Waals surface area contributed by atoms with Gasteiger partial charge in [0.1, 0.15) is 17.2 Å². The van der Waals surface area contributed by atoms with E-state index in [9.17, 15) is 9.18 Å². The lowest BCUT2D eigenvalue weighted by Crippen LogP contribution is -2.40. The number of amides is 1. The van der Waals surface area contributed by atoms with Crippen molar-refractivity contribution in [3.8, 4) is 5.75 Å². The smallest absolute Gasteiger partial charge is 0.410 e. The zero-order valence-corrected chi connectivity index (χ0v) is 14.2. The van der Waals surface area contributed by atoms with Gasteiger partial charge in [-0.3, -0.25) is 0 Å². The Kier molecular flexibility index (Phi) is 5.29. The van der Waals surface area contributed by atoms with E-state index in [1.807, 2.05) is 26.8 Å². The van der Waals surface area contributed by atoms with Crippen LogP contribution in [0.1, 0.15) is 39.2 Å². The molecule has 4 nitrogen and oxygen atoms in total. The number of methoxy groups -OCH3 is 1. The molecule has 1 aliphatic heterocycles. The standard InChI is InChI=1S/C18H24FNO3/c1-18(2,3)23-17(21)20-10-8-13(9-11-20)12-14-15(19)6-5-7-16(14)22-4/h5-7,12H,8-11H2,1-4H3. The zero-order chi connectivity index (χ0) is 17.0. The average molecular weight is 321 g/mol. The van der Waals surface area contributed by atoms with E-state index in [2.05, 4.69) is 0 Å². The average Bonchev–Trinajstić information content (AvgIpc) is 2.48. The first-order valence-corrected chi connectivity index (χ1v) is 7.80. The SMILES string of the molecule is COc1cccc(F)c1C=C1CCN(C(=O)OC(C)(C)C)CC1. The van der Waals surface area contributed by atoms with Crippen molar-refractivity contribution in [3.05, 3.63) is 35.2 Å². The number of ether oxygens (including phenoxy) is 2. The third-order valence-corrected chi connectivity index (χ3v) is 3.64. The first-order chi connectivity index (χ1) is 10.8. The molecule has 0 aliphatic carbocycles. The molecule has 1 fully saturated rings. The minimum atomic E-state index is -0.492. The largest absolute Gasteiger partial charge is 0.496 e. The Labute approximate surface area is 136 Å². The van der Waals surface area contributed by atoms with E-state index in [1.165, 1.54) is 13.2 Å². The van der Waals surface area contributed by atoms with Crippen LogP contribution in [0.25, 0.3) is 6.08 Å². The lowest BCUT2D eigenvalue weighted by molar-refractivity contribution is 0.0237. The molecule has 23 heavy (non-hydrogen) atoms. The summed E-state index contributed by atoms with van der Waals surface area (Å²) in [4.78, 5) is 13.7. The second-order valence-corrected chi connectivity index (χ2v) is 6.63. The van der Waals surface area contributed by atoms with Gasteiger partial charge >= 0.3 is 6.09 Å². The third kappa shape index (κ3) is 4.71. The monoisotopic (exact) mass is 321 g/mol. The van der Waals surface area contributed by atoms with Crippen molar-refractivity contribution in [1.29, 1.82) is 0 Å². The van der Waals surface area contributed by atoms with E-state index in [4.69, 9.17) is 9.47 Å². The van der Waals surface area contributed by atoms with Crippen molar-refractivity contribution in [2.45, 2.75) is 39.2 Å². The number of likely N-dealkylation sites (tertiary alicyclic amines) is 1. The molecule has 1 saturated heterocycles. The lowest BCUT2D eigenvalue weighted by Gasteiger charge is -2.31. The van der Waals surface area contributed by atoms with Gasteiger partial charge in [0.25, 0.3) is 0 Å². The number of hydrogen-bond donors (Lipinski definition) is 0. The van der Waals surface area contributed by atoms with E-state index in [-0.39, 0.29) is 11.9 Å². The number of piperidine rings is 1. The van der Waals surface area contributed by atoms with E-state index in [1.54, 1.807) is 17.0 Å². The summed E-state index contributed by atoms with van der Waals surface area (Å²) in [5.74, 6) is 0.221. The topological polar surface area (TPSA) is 38.8 Å². The van der Waals surface area contributed by atoms with Crippen molar-refractivity contribution in [2.75, 3.05) is 20.2 Å². The van der Waals surface area contributed by atoms with Gasteiger partial charge in [-0.2, -0.15) is 0 Å². The van der Waals surface area contributed by atoms with Gasteiger partial charge < -0.3 is 14.4 Å². The quantitative estimate of drug-likeness (QED) is 0.817. The number of benzene rings is 1. The van der Waals surface area contributed by atoms with Gasteiger partial charge in [-0.15, -0.1) is 0 Å². The van der Waals surface area contributed by atoms with Gasteiger partial charge in [0, 0.05) is 13.1 Å². The van der Waals surface area contributed by atoms with Gasteiger partial charge in [-0.05, 0) is 51.8 Å². The minimum Gasteiger partial charge on any atom is -0.496 e. The molecule has 1 aliphatic rings. The molecule has 0 spiro atoms. The molecular formula is C18H24FNO3. The molecular weight excluding hydrogens is 297 g/mol. The fraction of sp³-hybridized carbons (Fsp3) is 0.500. The Morgan fingerprint density at radius 3 is 2.48 bits per heavy atom. The van der Waals surface area contributed by atoms with Crippen molar-refractivity contribution in [3.63, 3.8) is 0 Å². The molecule has 5 heteroatoms. The highest BCUT2D eigenvalue weighted by Crippen LogP contribution is 2.27. The van der Waals surface area contributed by atoms with Crippen molar-refractivity contribution in [2.24, 2.45) is 0 Å². The molecule has 0 radical (unpaired) electrons. The normalized spacial score (nSPS) is 15.3. The molecule has 0 unspecified atom stereocenters. The van der Waals surface area contributed by atoms with Crippen LogP contribution in [0.5, 0.6) is 5.75 Å². The minimum absolute atomic E-state index is 0.292. The summed E-state index contributed by atoms with van der Waals surface area (Å²) in [5.41, 5.74) is 1.08. The molecule has 0 atom stereocenters. The molecule has 0 aromatic heterocycles. The van der Waals surface area contributed by atoms with Crippen LogP contribution < -0.4 is 4.74 Å². The van der Waals surface area contributed by atoms with Gasteiger partial charge in [0.15, 0.2) is 0 Å². The summed E-state index contributed by atoms with van der Waals surface area (Å²) in [6.45, 7) is 6.72. The highest BCUT2D eigenvalue weighted by Gasteiger charge is 2.24. The van der Waals surface area contributed by atoms with Crippen LogP contribution in [0.15, 0.2) is 23.8 Å². The predicted octanol–water partition coefficient (Wildman–Crippen LogP) is 4.25. The first kappa shape index (κ1) is 17.3. The van der Waals surface area contributed by atoms with Crippen LogP contribution in [-0.4, -0.2) is 36.8 Å². The summed E-state index contributed by atoms with van der Waals surface area (Å²) in [6.07, 6.45) is 2.95. The molecule has 1 heterocycles. The molecule has 126 valence electrons. The van der Waals surface area contributed by atoms with E-state index >= 15 is 0 Å². The van der Waals surface area contributed by atoms with E-state index in [0.717, 1.165) is 5.57 Å². The predicted molar refractivity (Wildman–Crippen MR) is 88.0 cm³/mol. The summed E-state index contributed by atoms with van der Waals surface area (Å²) in [7, 11) is 1.53. The molecule has 0 bridgehead atoms. The van der Waals surface area contributed by atoms with Crippen molar-refractivity contribution in [1.82, 2.24) is 4.90 Å². The Hall–Kier alpha value is -2.04. The zero-order valence-electron chi connectivity index (χ0n) is 14.2. The number of halogens is 1. The number of hydrogen-bond acceptors (Lipinski definition) is 3. The van der Waals surface area contributed by atoms with Gasteiger partial charge in [-0.1, -0.05) is 11.6 Å². The van der Waals surface area contributed by atoms with Gasteiger partial charge in [0.05, 0.1) is 12.7 Å². The Morgan fingerprint density at radius 1 is 1.26 bits per heavy atom. The van der Waals surface area contributed by atoms with Crippen molar-refractivity contribution >= 4 is 12.2 Å². The second kappa shape index (κ2) is 7.02. The van der Waals surface area contributed by atoms with Crippen LogP contribution in [-0.2, 0) is 4.74 Å². The molecule has 0 N–H and O–H groups in total. The number of carbonyl (C=O) groups excluding carboxylic acids is 1. The highest BCUT2D eigenvalue weighted by molar-refractivity contribution is 5.69. The number of nitrogens with zero attached hydrogens (tertiary/aromatic N) is 1. The highest BCUT2D eigenvalue weighted by atomic mass is 19.1. The van der Waals surface area contributed by atoms with E-state index < -0.39 is 5.60 Å². The Morgan fingerprint density at radius 2 is 1.91 bits per heavy atom. The molecule has 2 rings (SSSR count). The van der Waals surface area contributed by atoms with Crippen molar-refractivity contribution < 1.29 is 18.7 Å². The summed E-state index contributed by atoms with van der Waals surface area (Å²) < 4.78 is 24.6. The fourth-order valence-corrected chi connectivity index (χ4v) is 2.49. The fourth-order valence-electron chi connectivity index (χ4n) is 2.49. The third-order valence-electron chi connectivity index (χ3n) is 3.64. The van der Waals surface area contributed by atoms with Gasteiger partial charge in [0.2, 0.25) is 0 Å². The number of rotatable bonds is 2. The summed E-state index contributed by atoms with van der Waals surface area (Å²) in [5, 5.41) is 0.